The fourth-order valence-electron chi connectivity index (χ4n) is 2.87. The predicted molar refractivity (Wildman–Crippen MR) is 94.6 cm³/mol. The highest BCUT2D eigenvalue weighted by Gasteiger charge is 2.34. The van der Waals surface area contributed by atoms with Gasteiger partial charge in [0.1, 0.15) is 0 Å². The molecule has 2 N–H and O–H groups in total. The van der Waals surface area contributed by atoms with E-state index in [-0.39, 0.29) is 23.8 Å². The normalized spacial score (nSPS) is 17.2. The lowest BCUT2D eigenvalue weighted by atomic mass is 10.1. The third-order valence-corrected chi connectivity index (χ3v) is 4.36. The fourth-order valence-corrected chi connectivity index (χ4v) is 2.87. The van der Waals surface area contributed by atoms with Crippen LogP contribution in [0.25, 0.3) is 0 Å². The molecule has 1 heterocycles. The molecule has 2 rings (SSSR count). The van der Waals surface area contributed by atoms with Crippen molar-refractivity contribution < 1.29 is 19.5 Å². The summed E-state index contributed by atoms with van der Waals surface area (Å²) in [4.78, 5) is 39.4. The van der Waals surface area contributed by atoms with Gasteiger partial charge in [0.2, 0.25) is 11.8 Å². The van der Waals surface area contributed by atoms with E-state index in [0.717, 1.165) is 18.5 Å². The molecule has 1 fully saturated rings. The van der Waals surface area contributed by atoms with Crippen LogP contribution < -0.4 is 5.32 Å². The fraction of sp³-hybridized carbons (Fsp3) is 0.500. The third kappa shape index (κ3) is 5.03. The highest BCUT2D eigenvalue weighted by Crippen LogP contribution is 2.22. The van der Waals surface area contributed by atoms with Gasteiger partial charge in [-0.25, -0.2) is 4.79 Å². The molecule has 0 radical (unpaired) electrons. The number of carbonyl (C=O) groups is 3. The summed E-state index contributed by atoms with van der Waals surface area (Å²) in [5, 5.41) is 11.8. The average molecular weight is 347 g/mol. The number of nitrogens with one attached hydrogen (secondary N) is 1. The van der Waals surface area contributed by atoms with Gasteiger partial charge in [-0.3, -0.25) is 9.59 Å². The molecule has 136 valence electrons. The van der Waals surface area contributed by atoms with E-state index in [1.165, 1.54) is 12.1 Å². The molecule has 1 aliphatic heterocycles. The molecule has 1 aromatic rings. The van der Waals surface area contributed by atoms with Gasteiger partial charge >= 0.3 is 5.97 Å². The van der Waals surface area contributed by atoms with Gasteiger partial charge in [0, 0.05) is 25.2 Å². The molecule has 2 amide bonds. The summed E-state index contributed by atoms with van der Waals surface area (Å²) in [6.45, 7) is 3.75. The monoisotopic (exact) mass is 347 g/mol. The number of carbonyl (C=O) groups excluding carboxylic acids is 2. The van der Waals surface area contributed by atoms with Crippen LogP contribution in [0.2, 0.25) is 0 Å². The second-order valence-electron chi connectivity index (χ2n) is 6.72. The van der Waals surface area contributed by atoms with E-state index in [0.29, 0.717) is 18.8 Å². The molecule has 0 spiro atoms. The number of nitrogens with zero attached hydrogens (tertiary/aromatic N) is 2. The van der Waals surface area contributed by atoms with Crippen molar-refractivity contribution >= 4 is 23.5 Å². The molecule has 1 aliphatic rings. The summed E-state index contributed by atoms with van der Waals surface area (Å²) in [5.41, 5.74) is 1.38. The Morgan fingerprint density at radius 2 is 2.08 bits per heavy atom. The van der Waals surface area contributed by atoms with Gasteiger partial charge in [0.15, 0.2) is 0 Å². The van der Waals surface area contributed by atoms with Crippen molar-refractivity contribution in [3.63, 3.8) is 0 Å². The molecule has 0 aromatic heterocycles. The summed E-state index contributed by atoms with van der Waals surface area (Å²) in [6.07, 6.45) is 1.07. The number of aryl methyl sites for hydroxylation is 1. The molecule has 7 nitrogen and oxygen atoms in total. The van der Waals surface area contributed by atoms with Crippen molar-refractivity contribution in [2.75, 3.05) is 39.0 Å². The Labute approximate surface area is 147 Å². The van der Waals surface area contributed by atoms with Gasteiger partial charge in [-0.1, -0.05) is 6.07 Å². The van der Waals surface area contributed by atoms with Gasteiger partial charge in [-0.2, -0.15) is 0 Å². The Hall–Kier alpha value is -2.41. The number of amides is 2. The van der Waals surface area contributed by atoms with Crippen LogP contribution in [0.3, 0.4) is 0 Å². The van der Waals surface area contributed by atoms with Crippen LogP contribution in [0.15, 0.2) is 18.2 Å². The Kier molecular flexibility index (Phi) is 6.14. The molecule has 1 unspecified atom stereocenters. The molecule has 0 saturated carbocycles. The highest BCUT2D eigenvalue weighted by molar-refractivity contribution is 5.98. The number of likely N-dealkylation sites (tertiary alicyclic amines) is 1. The van der Waals surface area contributed by atoms with Crippen LogP contribution in [0.1, 0.15) is 28.8 Å². The summed E-state index contributed by atoms with van der Waals surface area (Å²) >= 11 is 0. The maximum absolute atomic E-state index is 12.5. The Bertz CT molecular complexity index is 672. The number of carboxylic acid groups (broad SMARTS) is 1. The molecular formula is C18H25N3O4. The van der Waals surface area contributed by atoms with E-state index >= 15 is 0 Å². The molecule has 0 bridgehead atoms. The molecule has 7 heteroatoms. The van der Waals surface area contributed by atoms with Crippen molar-refractivity contribution in [3.8, 4) is 0 Å². The lowest BCUT2D eigenvalue weighted by molar-refractivity contribution is -0.128. The van der Waals surface area contributed by atoms with E-state index in [2.05, 4.69) is 10.2 Å². The van der Waals surface area contributed by atoms with Crippen molar-refractivity contribution in [1.82, 2.24) is 9.80 Å². The largest absolute Gasteiger partial charge is 0.478 e. The smallest absolute Gasteiger partial charge is 0.335 e. The minimum absolute atomic E-state index is 0.00471. The first-order chi connectivity index (χ1) is 11.8. The molecule has 25 heavy (non-hydrogen) atoms. The first-order valence-corrected chi connectivity index (χ1v) is 8.35. The number of aromatic carboxylic acids is 1. The Morgan fingerprint density at radius 1 is 1.36 bits per heavy atom. The minimum atomic E-state index is -1.04. The minimum Gasteiger partial charge on any atom is -0.478 e. The zero-order chi connectivity index (χ0) is 18.6. The van der Waals surface area contributed by atoms with Crippen LogP contribution in [-0.2, 0) is 9.59 Å². The maximum atomic E-state index is 12.5. The van der Waals surface area contributed by atoms with E-state index in [9.17, 15) is 14.4 Å². The molecule has 1 saturated heterocycles. The van der Waals surface area contributed by atoms with E-state index in [1.807, 2.05) is 14.1 Å². The van der Waals surface area contributed by atoms with Gasteiger partial charge in [0.05, 0.1) is 11.5 Å². The first-order valence-electron chi connectivity index (χ1n) is 8.35. The van der Waals surface area contributed by atoms with E-state index < -0.39 is 11.9 Å². The van der Waals surface area contributed by atoms with Crippen molar-refractivity contribution in [1.29, 1.82) is 0 Å². The van der Waals surface area contributed by atoms with E-state index in [1.54, 1.807) is 17.9 Å². The number of hydrogen-bond acceptors (Lipinski definition) is 4. The quantitative estimate of drug-likeness (QED) is 0.779. The average Bonchev–Trinajstić information content (AvgIpc) is 2.90. The molecule has 1 atom stereocenters. The van der Waals surface area contributed by atoms with Crippen LogP contribution >= 0.6 is 0 Å². The van der Waals surface area contributed by atoms with Crippen LogP contribution in [-0.4, -0.2) is 66.4 Å². The second-order valence-corrected chi connectivity index (χ2v) is 6.72. The van der Waals surface area contributed by atoms with Gasteiger partial charge in [0.25, 0.3) is 0 Å². The number of rotatable bonds is 7. The Balaban J connectivity index is 1.97. The summed E-state index contributed by atoms with van der Waals surface area (Å²) in [5.74, 6) is -1.69. The topological polar surface area (TPSA) is 89.9 Å². The highest BCUT2D eigenvalue weighted by atomic mass is 16.4. The SMILES string of the molecule is Cc1ccc(C(=O)O)cc1NC(=O)C1CC(=O)N(CCCN(C)C)C1. The zero-order valence-electron chi connectivity index (χ0n) is 14.9. The van der Waals surface area contributed by atoms with Crippen LogP contribution in [0.4, 0.5) is 5.69 Å². The molecule has 0 aliphatic carbocycles. The second kappa shape index (κ2) is 8.11. The molecular weight excluding hydrogens is 322 g/mol. The number of anilines is 1. The van der Waals surface area contributed by atoms with Crippen molar-refractivity contribution in [2.24, 2.45) is 5.92 Å². The first kappa shape index (κ1) is 18.9. The van der Waals surface area contributed by atoms with Crippen LogP contribution in [0, 0.1) is 12.8 Å². The summed E-state index contributed by atoms with van der Waals surface area (Å²) in [6, 6.07) is 4.60. The number of carboxylic acids is 1. The van der Waals surface area contributed by atoms with Crippen LogP contribution in [0.5, 0.6) is 0 Å². The maximum Gasteiger partial charge on any atom is 0.335 e. The molecule has 1 aromatic carbocycles. The standard InChI is InChI=1S/C18H25N3O4/c1-12-5-6-13(18(24)25)9-15(12)19-17(23)14-10-16(22)21(11-14)8-4-7-20(2)3/h5-6,9,14H,4,7-8,10-11H2,1-3H3,(H,19,23)(H,24,25). The van der Waals surface area contributed by atoms with Crippen molar-refractivity contribution in [2.45, 2.75) is 19.8 Å². The van der Waals surface area contributed by atoms with E-state index in [4.69, 9.17) is 5.11 Å². The number of benzene rings is 1. The third-order valence-electron chi connectivity index (χ3n) is 4.36. The van der Waals surface area contributed by atoms with Gasteiger partial charge < -0.3 is 20.2 Å². The number of hydrogen-bond donors (Lipinski definition) is 2. The Morgan fingerprint density at radius 3 is 2.72 bits per heavy atom. The van der Waals surface area contributed by atoms with Gasteiger partial charge in [-0.15, -0.1) is 0 Å². The lowest BCUT2D eigenvalue weighted by Crippen LogP contribution is -2.30. The van der Waals surface area contributed by atoms with Crippen molar-refractivity contribution in [3.05, 3.63) is 29.3 Å². The predicted octanol–water partition coefficient (Wildman–Crippen LogP) is 1.43. The zero-order valence-corrected chi connectivity index (χ0v) is 14.9. The summed E-state index contributed by atoms with van der Waals surface area (Å²) in [7, 11) is 3.96. The van der Waals surface area contributed by atoms with Gasteiger partial charge in [-0.05, 0) is 51.7 Å². The summed E-state index contributed by atoms with van der Waals surface area (Å²) < 4.78 is 0. The lowest BCUT2D eigenvalue weighted by Gasteiger charge is -2.18.